The molecule has 0 amide bonds. The molecule has 112 valence electrons. The Morgan fingerprint density at radius 2 is 1.75 bits per heavy atom. The van der Waals surface area contributed by atoms with E-state index in [-0.39, 0.29) is 17.0 Å². The summed E-state index contributed by atoms with van der Waals surface area (Å²) in [4.78, 5) is 12.3. The first-order valence-electron chi connectivity index (χ1n) is 6.63. The minimum absolute atomic E-state index is 0.0424. The lowest BCUT2D eigenvalue weighted by atomic mass is 9.90. The van der Waals surface area contributed by atoms with Gasteiger partial charge < -0.3 is 18.9 Å². The fourth-order valence-electron chi connectivity index (χ4n) is 2.20. The van der Waals surface area contributed by atoms with Gasteiger partial charge in [0.2, 0.25) is 5.78 Å². The molecule has 1 aliphatic carbocycles. The summed E-state index contributed by atoms with van der Waals surface area (Å²) >= 11 is 0. The first-order chi connectivity index (χ1) is 9.30. The van der Waals surface area contributed by atoms with Crippen LogP contribution in [0.1, 0.15) is 20.8 Å². The van der Waals surface area contributed by atoms with Crippen molar-refractivity contribution >= 4 is 5.78 Å². The highest BCUT2D eigenvalue weighted by Crippen LogP contribution is 2.32. The summed E-state index contributed by atoms with van der Waals surface area (Å²) in [5, 5.41) is 0. The minimum atomic E-state index is -0.700. The largest absolute Gasteiger partial charge is 0.493 e. The Labute approximate surface area is 119 Å². The van der Waals surface area contributed by atoms with E-state index in [9.17, 15) is 4.79 Å². The van der Waals surface area contributed by atoms with Gasteiger partial charge in [-0.15, -0.1) is 0 Å². The molecule has 5 heteroatoms. The van der Waals surface area contributed by atoms with E-state index in [1.54, 1.807) is 19.3 Å². The Morgan fingerprint density at radius 1 is 1.15 bits per heavy atom. The zero-order chi connectivity index (χ0) is 15.0. The summed E-state index contributed by atoms with van der Waals surface area (Å²) < 4.78 is 21.9. The zero-order valence-corrected chi connectivity index (χ0v) is 12.7. The van der Waals surface area contributed by atoms with Gasteiger partial charge in [0.15, 0.2) is 12.0 Å². The highest BCUT2D eigenvalue weighted by atomic mass is 16.7. The summed E-state index contributed by atoms with van der Waals surface area (Å²) in [5.74, 6) is 0.0376. The van der Waals surface area contributed by atoms with Gasteiger partial charge in [-0.2, -0.15) is 0 Å². The molecule has 0 aromatic rings. The molecule has 20 heavy (non-hydrogen) atoms. The molecule has 0 radical (unpaired) electrons. The van der Waals surface area contributed by atoms with E-state index >= 15 is 0 Å². The lowest BCUT2D eigenvalue weighted by molar-refractivity contribution is -0.204. The van der Waals surface area contributed by atoms with Crippen molar-refractivity contribution in [2.24, 2.45) is 5.41 Å². The first-order valence-corrected chi connectivity index (χ1v) is 6.63. The molecule has 1 unspecified atom stereocenters. The smallest absolute Gasteiger partial charge is 0.228 e. The third-order valence-electron chi connectivity index (χ3n) is 3.51. The summed E-state index contributed by atoms with van der Waals surface area (Å²) in [6.45, 7) is 7.04. The maximum Gasteiger partial charge on any atom is 0.228 e. The third kappa shape index (κ3) is 2.95. The van der Waals surface area contributed by atoms with Crippen LogP contribution in [0.5, 0.6) is 0 Å². The molecule has 0 bridgehead atoms. The number of rotatable bonds is 3. The fraction of sp³-hybridized carbons (Fsp3) is 0.667. The second-order valence-electron chi connectivity index (χ2n) is 6.15. The van der Waals surface area contributed by atoms with Gasteiger partial charge in [0.05, 0.1) is 25.9 Å². The van der Waals surface area contributed by atoms with Gasteiger partial charge in [-0.25, -0.2) is 0 Å². The van der Waals surface area contributed by atoms with Crippen molar-refractivity contribution in [3.8, 4) is 0 Å². The maximum absolute atomic E-state index is 12.3. The summed E-state index contributed by atoms with van der Waals surface area (Å²) in [6.07, 6.45) is 2.73. The Balaban J connectivity index is 2.24. The van der Waals surface area contributed by atoms with Crippen LogP contribution < -0.4 is 0 Å². The second kappa shape index (κ2) is 5.31. The number of ether oxygens (including phenoxy) is 4. The van der Waals surface area contributed by atoms with Crippen LogP contribution in [0.4, 0.5) is 0 Å². The van der Waals surface area contributed by atoms with Crippen LogP contribution >= 0.6 is 0 Å². The van der Waals surface area contributed by atoms with Gasteiger partial charge in [0, 0.05) is 12.5 Å². The van der Waals surface area contributed by atoms with E-state index in [1.165, 1.54) is 7.11 Å². The van der Waals surface area contributed by atoms with Crippen molar-refractivity contribution in [3.63, 3.8) is 0 Å². The molecular formula is C15H22O5. The van der Waals surface area contributed by atoms with Crippen LogP contribution in [0.25, 0.3) is 0 Å². The number of carbonyl (C=O) groups is 1. The van der Waals surface area contributed by atoms with Crippen molar-refractivity contribution in [1.82, 2.24) is 0 Å². The fourth-order valence-corrected chi connectivity index (χ4v) is 2.20. The van der Waals surface area contributed by atoms with Crippen molar-refractivity contribution in [2.75, 3.05) is 27.4 Å². The van der Waals surface area contributed by atoms with Crippen molar-refractivity contribution < 1.29 is 23.7 Å². The van der Waals surface area contributed by atoms with Crippen molar-refractivity contribution in [3.05, 3.63) is 23.5 Å². The lowest BCUT2D eigenvalue weighted by Crippen LogP contribution is -2.42. The standard InChI is InChI=1S/C15H22O5/c1-14(2)8-19-13(20-9-14)10-6-15(3,18-5)7-11(17-4)12(10)16/h6-7,13H,8-9H2,1-5H3. The molecular weight excluding hydrogens is 260 g/mol. The van der Waals surface area contributed by atoms with E-state index in [0.717, 1.165) is 0 Å². The Morgan fingerprint density at radius 3 is 2.25 bits per heavy atom. The van der Waals surface area contributed by atoms with Gasteiger partial charge in [-0.05, 0) is 19.1 Å². The van der Waals surface area contributed by atoms with Crippen LogP contribution in [0.3, 0.4) is 0 Å². The van der Waals surface area contributed by atoms with E-state index < -0.39 is 11.9 Å². The van der Waals surface area contributed by atoms with Gasteiger partial charge in [0.25, 0.3) is 0 Å². The number of methoxy groups -OCH3 is 2. The molecule has 1 saturated heterocycles. The average Bonchev–Trinajstić information content (AvgIpc) is 2.41. The number of carbonyl (C=O) groups excluding carboxylic acids is 1. The first kappa shape index (κ1) is 15.2. The number of hydrogen-bond donors (Lipinski definition) is 0. The van der Waals surface area contributed by atoms with Gasteiger partial charge in [0.1, 0.15) is 5.60 Å². The average molecular weight is 282 g/mol. The second-order valence-corrected chi connectivity index (χ2v) is 6.15. The molecule has 0 spiro atoms. The Hall–Kier alpha value is -1.17. The molecule has 2 rings (SSSR count). The van der Waals surface area contributed by atoms with E-state index in [2.05, 4.69) is 13.8 Å². The zero-order valence-electron chi connectivity index (χ0n) is 12.7. The molecule has 1 fully saturated rings. The van der Waals surface area contributed by atoms with Crippen LogP contribution in [-0.4, -0.2) is 45.1 Å². The van der Waals surface area contributed by atoms with E-state index in [0.29, 0.717) is 18.8 Å². The number of hydrogen-bond acceptors (Lipinski definition) is 5. The molecule has 0 N–H and O–H groups in total. The third-order valence-corrected chi connectivity index (χ3v) is 3.51. The molecule has 2 aliphatic rings. The van der Waals surface area contributed by atoms with Crippen LogP contribution in [0.15, 0.2) is 23.5 Å². The summed E-state index contributed by atoms with van der Waals surface area (Å²) in [6, 6.07) is 0. The predicted molar refractivity (Wildman–Crippen MR) is 73.1 cm³/mol. The summed E-state index contributed by atoms with van der Waals surface area (Å²) in [5.41, 5.74) is -0.308. The van der Waals surface area contributed by atoms with Gasteiger partial charge >= 0.3 is 0 Å². The minimum Gasteiger partial charge on any atom is -0.493 e. The van der Waals surface area contributed by atoms with E-state index in [1.807, 2.05) is 6.92 Å². The topological polar surface area (TPSA) is 54.0 Å². The van der Waals surface area contributed by atoms with Crippen LogP contribution in [0.2, 0.25) is 0 Å². The molecule has 1 heterocycles. The Kier molecular flexibility index (Phi) is 4.04. The molecule has 0 saturated carbocycles. The molecule has 0 aromatic carbocycles. The predicted octanol–water partition coefficient (Wildman–Crippen LogP) is 1.83. The quantitative estimate of drug-likeness (QED) is 0.790. The highest BCUT2D eigenvalue weighted by Gasteiger charge is 2.38. The molecule has 1 aliphatic heterocycles. The van der Waals surface area contributed by atoms with Crippen LogP contribution in [-0.2, 0) is 23.7 Å². The maximum atomic E-state index is 12.3. The lowest BCUT2D eigenvalue weighted by Gasteiger charge is -2.37. The molecule has 1 atom stereocenters. The van der Waals surface area contributed by atoms with Gasteiger partial charge in [-0.1, -0.05) is 13.8 Å². The van der Waals surface area contributed by atoms with Crippen molar-refractivity contribution in [2.45, 2.75) is 32.7 Å². The molecule has 5 nitrogen and oxygen atoms in total. The monoisotopic (exact) mass is 282 g/mol. The number of Topliss-reactive ketones (excluding diaryl/α,β-unsaturated/α-hetero) is 1. The van der Waals surface area contributed by atoms with Gasteiger partial charge in [-0.3, -0.25) is 4.79 Å². The highest BCUT2D eigenvalue weighted by molar-refractivity contribution is 6.08. The summed E-state index contributed by atoms with van der Waals surface area (Å²) in [7, 11) is 3.05. The number of allylic oxidation sites excluding steroid dienone is 1. The molecule has 0 aromatic heterocycles. The normalized spacial score (nSPS) is 30.8. The number of ketones is 1. The van der Waals surface area contributed by atoms with Crippen molar-refractivity contribution in [1.29, 1.82) is 0 Å². The SMILES string of the molecule is COC1=CC(C)(OC)C=C(C2OCC(C)(C)CO2)C1=O. The van der Waals surface area contributed by atoms with Crippen LogP contribution in [0, 0.1) is 5.41 Å². The Bertz CT molecular complexity index is 453. The van der Waals surface area contributed by atoms with E-state index in [4.69, 9.17) is 18.9 Å².